The zero-order valence-electron chi connectivity index (χ0n) is 12.8. The van der Waals surface area contributed by atoms with Gasteiger partial charge in [0, 0.05) is 5.75 Å². The van der Waals surface area contributed by atoms with Gasteiger partial charge in [-0.15, -0.1) is 0 Å². The molecule has 0 aliphatic carbocycles. The minimum absolute atomic E-state index is 0. The molecule has 0 aromatic heterocycles. The zero-order valence-corrected chi connectivity index (χ0v) is 16.8. The monoisotopic (exact) mass is 316 g/mol. The van der Waals surface area contributed by atoms with E-state index < -0.39 is 10.1 Å². The van der Waals surface area contributed by atoms with Crippen molar-refractivity contribution in [1.82, 2.24) is 0 Å². The molecule has 110 valence electrons. The van der Waals surface area contributed by atoms with E-state index in [0.717, 1.165) is 12.8 Å². The van der Waals surface area contributed by atoms with Gasteiger partial charge in [0.05, 0.1) is 10.1 Å². The molecule has 0 N–H and O–H groups in total. The van der Waals surface area contributed by atoms with Crippen molar-refractivity contribution in [3.05, 3.63) is 0 Å². The predicted molar refractivity (Wildman–Crippen MR) is 75.6 cm³/mol. The second-order valence-electron chi connectivity index (χ2n) is 5.15. The number of rotatable bonds is 13. The average Bonchev–Trinajstić information content (AvgIpc) is 2.29. The van der Waals surface area contributed by atoms with E-state index in [-0.39, 0.29) is 57.1 Å². The molecule has 0 fully saturated rings. The van der Waals surface area contributed by atoms with Gasteiger partial charge in [0.2, 0.25) is 0 Å². The summed E-state index contributed by atoms with van der Waals surface area (Å²) in [6, 6.07) is 0. The molecule has 0 bridgehead atoms. The van der Waals surface area contributed by atoms with Gasteiger partial charge in [0.15, 0.2) is 0 Å². The molecule has 5 heteroatoms. The summed E-state index contributed by atoms with van der Waals surface area (Å²) in [4.78, 5) is 0. The minimum Gasteiger partial charge on any atom is -0.748 e. The molecule has 0 atom stereocenters. The molecule has 3 nitrogen and oxygen atoms in total. The van der Waals surface area contributed by atoms with Crippen LogP contribution < -0.4 is 51.4 Å². The van der Waals surface area contributed by atoms with E-state index in [1.807, 2.05) is 0 Å². The van der Waals surface area contributed by atoms with Crippen molar-refractivity contribution in [3.63, 3.8) is 0 Å². The maximum absolute atomic E-state index is 10.4. The minimum atomic E-state index is -3.99. The fourth-order valence-corrected chi connectivity index (χ4v) is 2.68. The summed E-state index contributed by atoms with van der Waals surface area (Å²) < 4.78 is 31.1. The predicted octanol–water partition coefficient (Wildman–Crippen LogP) is 1.24. The summed E-state index contributed by atoms with van der Waals surface area (Å²) >= 11 is 0. The van der Waals surface area contributed by atoms with Crippen LogP contribution in [0.2, 0.25) is 0 Å². The topological polar surface area (TPSA) is 57.2 Å². The van der Waals surface area contributed by atoms with Crippen molar-refractivity contribution >= 4 is 10.1 Å². The van der Waals surface area contributed by atoms with Crippen LogP contribution in [0.3, 0.4) is 0 Å². The zero-order chi connectivity index (χ0) is 13.7. The van der Waals surface area contributed by atoms with E-state index in [4.69, 9.17) is 0 Å². The van der Waals surface area contributed by atoms with Gasteiger partial charge >= 0.3 is 51.4 Å². The van der Waals surface area contributed by atoms with Crippen LogP contribution in [0.1, 0.15) is 84.0 Å². The van der Waals surface area contributed by atoms with Crippen LogP contribution in [0.15, 0.2) is 0 Å². The summed E-state index contributed by atoms with van der Waals surface area (Å²) in [6.45, 7) is 2.23. The van der Waals surface area contributed by atoms with Gasteiger partial charge in [-0.25, -0.2) is 8.42 Å². The summed E-state index contributed by atoms with van der Waals surface area (Å²) in [6.07, 6.45) is 14.3. The Balaban J connectivity index is 0. The third-order valence-electron chi connectivity index (χ3n) is 3.25. The summed E-state index contributed by atoms with van der Waals surface area (Å²) in [5.41, 5.74) is 0. The van der Waals surface area contributed by atoms with Crippen LogP contribution in [0.25, 0.3) is 0 Å². The Morgan fingerprint density at radius 2 is 1.00 bits per heavy atom. The maximum Gasteiger partial charge on any atom is 1.00 e. The van der Waals surface area contributed by atoms with Gasteiger partial charge < -0.3 is 4.55 Å². The first-order chi connectivity index (χ1) is 8.56. The van der Waals surface area contributed by atoms with E-state index in [0.29, 0.717) is 6.42 Å². The molecule has 0 aliphatic heterocycles. The van der Waals surface area contributed by atoms with Crippen molar-refractivity contribution < 1.29 is 64.4 Å². The molecular formula is C14H29KO3S. The summed E-state index contributed by atoms with van der Waals surface area (Å²) in [7, 11) is -3.99. The second-order valence-corrected chi connectivity index (χ2v) is 6.67. The number of unbranched alkanes of at least 4 members (excludes halogenated alkanes) is 11. The van der Waals surface area contributed by atoms with Crippen LogP contribution in [0.5, 0.6) is 0 Å². The first-order valence-electron chi connectivity index (χ1n) is 7.50. The molecule has 0 aromatic rings. The average molecular weight is 317 g/mol. The molecule has 0 spiro atoms. The molecule has 0 rings (SSSR count). The molecule has 0 radical (unpaired) electrons. The largest absolute Gasteiger partial charge is 1.00 e. The number of hydrogen-bond acceptors (Lipinski definition) is 3. The molecule has 0 saturated heterocycles. The van der Waals surface area contributed by atoms with Crippen molar-refractivity contribution in [2.75, 3.05) is 5.75 Å². The fourth-order valence-electron chi connectivity index (χ4n) is 2.12. The van der Waals surface area contributed by atoms with Gasteiger partial charge in [0.25, 0.3) is 0 Å². The molecule has 0 aromatic carbocycles. The Kier molecular flexibility index (Phi) is 19.1. The Morgan fingerprint density at radius 1 is 0.684 bits per heavy atom. The SMILES string of the molecule is CCCCCCCCCCCCCCS(=O)(=O)[O-].[K+]. The van der Waals surface area contributed by atoms with Crippen LogP contribution in [-0.2, 0) is 10.1 Å². The second kappa shape index (κ2) is 15.9. The van der Waals surface area contributed by atoms with Gasteiger partial charge in [-0.3, -0.25) is 0 Å². The first kappa shape index (κ1) is 22.8. The van der Waals surface area contributed by atoms with Gasteiger partial charge in [-0.2, -0.15) is 0 Å². The smallest absolute Gasteiger partial charge is 0.748 e. The van der Waals surface area contributed by atoms with E-state index in [1.165, 1.54) is 57.8 Å². The van der Waals surface area contributed by atoms with E-state index >= 15 is 0 Å². The van der Waals surface area contributed by atoms with Crippen molar-refractivity contribution in [2.45, 2.75) is 84.0 Å². The standard InChI is InChI=1S/C14H30O3S.K/c1-2-3-4-5-6-7-8-9-10-11-12-13-14-18(15,16)17;/h2-14H2,1H3,(H,15,16,17);/q;+1/p-1. The molecule has 0 amide bonds. The fraction of sp³-hybridized carbons (Fsp3) is 1.00. The van der Waals surface area contributed by atoms with Gasteiger partial charge in [-0.1, -0.05) is 77.6 Å². The normalized spacial score (nSPS) is 11.3. The van der Waals surface area contributed by atoms with Gasteiger partial charge in [0.1, 0.15) is 0 Å². The molecule has 19 heavy (non-hydrogen) atoms. The molecule has 0 aliphatic rings. The third kappa shape index (κ3) is 22.0. The molecule has 0 saturated carbocycles. The van der Waals surface area contributed by atoms with E-state index in [2.05, 4.69) is 6.92 Å². The quantitative estimate of drug-likeness (QED) is 0.292. The molecular weight excluding hydrogens is 287 g/mol. The van der Waals surface area contributed by atoms with Crippen LogP contribution >= 0.6 is 0 Å². The maximum atomic E-state index is 10.4. The number of hydrogen-bond donors (Lipinski definition) is 0. The summed E-state index contributed by atoms with van der Waals surface area (Å²) in [5.74, 6) is -0.190. The van der Waals surface area contributed by atoms with E-state index in [9.17, 15) is 13.0 Å². The Morgan fingerprint density at radius 3 is 1.32 bits per heavy atom. The first-order valence-corrected chi connectivity index (χ1v) is 9.07. The van der Waals surface area contributed by atoms with Crippen molar-refractivity contribution in [2.24, 2.45) is 0 Å². The van der Waals surface area contributed by atoms with Crippen molar-refractivity contribution in [3.8, 4) is 0 Å². The van der Waals surface area contributed by atoms with E-state index in [1.54, 1.807) is 0 Å². The Hall–Kier alpha value is 1.55. The van der Waals surface area contributed by atoms with Crippen LogP contribution in [0.4, 0.5) is 0 Å². The van der Waals surface area contributed by atoms with Gasteiger partial charge in [-0.05, 0) is 6.42 Å². The summed E-state index contributed by atoms with van der Waals surface area (Å²) in [5, 5.41) is 0. The molecule has 0 unspecified atom stereocenters. The molecule has 0 heterocycles. The van der Waals surface area contributed by atoms with Crippen molar-refractivity contribution in [1.29, 1.82) is 0 Å². The van der Waals surface area contributed by atoms with Crippen LogP contribution in [-0.4, -0.2) is 18.7 Å². The van der Waals surface area contributed by atoms with Crippen LogP contribution in [0, 0.1) is 0 Å². The third-order valence-corrected chi connectivity index (χ3v) is 4.04. The Labute approximate surface area is 162 Å². The Bertz CT molecular complexity index is 266.